The van der Waals surface area contributed by atoms with E-state index >= 15 is 0 Å². The van der Waals surface area contributed by atoms with Crippen LogP contribution in [0.2, 0.25) is 0 Å². The molecule has 0 unspecified atom stereocenters. The fourth-order valence-electron chi connectivity index (χ4n) is 3.26. The van der Waals surface area contributed by atoms with Crippen LogP contribution in [0.3, 0.4) is 0 Å². The second-order valence-electron chi connectivity index (χ2n) is 6.48. The highest BCUT2D eigenvalue weighted by Gasteiger charge is 2.35. The van der Waals surface area contributed by atoms with Gasteiger partial charge in [-0.05, 0) is 25.5 Å². The molecule has 0 amide bonds. The van der Waals surface area contributed by atoms with Gasteiger partial charge in [0.1, 0.15) is 18.8 Å². The number of rotatable bonds is 5. The summed E-state index contributed by atoms with van der Waals surface area (Å²) >= 11 is 0. The Morgan fingerprint density at radius 2 is 2.05 bits per heavy atom. The van der Waals surface area contributed by atoms with Crippen LogP contribution in [0.4, 0.5) is 4.39 Å². The van der Waals surface area contributed by atoms with Gasteiger partial charge in [0.05, 0.1) is 13.1 Å². The molecule has 5 heteroatoms. The molecule has 0 radical (unpaired) electrons. The molecule has 1 saturated heterocycles. The number of aromatic nitrogens is 3. The maximum absolute atomic E-state index is 12.5. The normalized spacial score (nSPS) is 22.3. The monoisotopic (exact) mass is 302 g/mol. The van der Waals surface area contributed by atoms with Crippen LogP contribution in [0.5, 0.6) is 0 Å². The van der Waals surface area contributed by atoms with Crippen molar-refractivity contribution in [2.75, 3.05) is 19.8 Å². The number of benzene rings is 1. The van der Waals surface area contributed by atoms with Gasteiger partial charge in [-0.15, -0.1) is 0 Å². The number of halogens is 1. The van der Waals surface area contributed by atoms with Crippen molar-refractivity contribution in [1.82, 2.24) is 19.7 Å². The Labute approximate surface area is 131 Å². The Morgan fingerprint density at radius 3 is 2.77 bits per heavy atom. The summed E-state index contributed by atoms with van der Waals surface area (Å²) in [7, 11) is 0. The third-order valence-electron chi connectivity index (χ3n) is 4.66. The molecule has 2 heterocycles. The number of hydrogen-bond acceptors (Lipinski definition) is 3. The van der Waals surface area contributed by atoms with Crippen molar-refractivity contribution in [3.8, 4) is 0 Å². The summed E-state index contributed by atoms with van der Waals surface area (Å²) in [4.78, 5) is 6.66. The molecular weight excluding hydrogens is 279 g/mol. The number of nitrogens with zero attached hydrogens (tertiary/aromatic N) is 4. The SMILES string of the molecule is Cc1ccc([C@@]2(C)CCN(Cc3ncnn3CCF)C2)cc1. The van der Waals surface area contributed by atoms with Crippen molar-refractivity contribution in [2.45, 2.75) is 38.8 Å². The fraction of sp³-hybridized carbons (Fsp3) is 0.529. The molecule has 1 aliphatic heterocycles. The maximum atomic E-state index is 12.5. The second-order valence-corrected chi connectivity index (χ2v) is 6.48. The third-order valence-corrected chi connectivity index (χ3v) is 4.66. The number of likely N-dealkylation sites (tertiary alicyclic amines) is 1. The fourth-order valence-corrected chi connectivity index (χ4v) is 3.26. The van der Waals surface area contributed by atoms with E-state index in [4.69, 9.17) is 0 Å². The Hall–Kier alpha value is -1.75. The predicted molar refractivity (Wildman–Crippen MR) is 84.4 cm³/mol. The molecule has 0 spiro atoms. The van der Waals surface area contributed by atoms with E-state index in [2.05, 4.69) is 53.1 Å². The van der Waals surface area contributed by atoms with E-state index in [1.165, 1.54) is 17.5 Å². The summed E-state index contributed by atoms with van der Waals surface area (Å²) in [6, 6.07) is 8.84. The van der Waals surface area contributed by atoms with Crippen LogP contribution in [0.25, 0.3) is 0 Å². The second kappa shape index (κ2) is 6.16. The van der Waals surface area contributed by atoms with Crippen LogP contribution >= 0.6 is 0 Å². The lowest BCUT2D eigenvalue weighted by Crippen LogP contribution is -2.29. The maximum Gasteiger partial charge on any atom is 0.141 e. The summed E-state index contributed by atoms with van der Waals surface area (Å²) in [5.74, 6) is 0.853. The zero-order valence-corrected chi connectivity index (χ0v) is 13.3. The molecule has 0 saturated carbocycles. The number of aryl methyl sites for hydroxylation is 2. The van der Waals surface area contributed by atoms with Crippen molar-refractivity contribution >= 4 is 0 Å². The zero-order valence-electron chi connectivity index (χ0n) is 13.3. The van der Waals surface area contributed by atoms with Crippen LogP contribution in [0.1, 0.15) is 30.3 Å². The van der Waals surface area contributed by atoms with E-state index in [0.29, 0.717) is 6.54 Å². The first kappa shape index (κ1) is 15.2. The molecule has 3 rings (SSSR count). The quantitative estimate of drug-likeness (QED) is 0.851. The van der Waals surface area contributed by atoms with E-state index in [1.54, 1.807) is 4.68 Å². The van der Waals surface area contributed by atoms with Gasteiger partial charge in [-0.25, -0.2) is 14.1 Å². The van der Waals surface area contributed by atoms with Crippen LogP contribution in [0, 0.1) is 6.92 Å². The van der Waals surface area contributed by atoms with Gasteiger partial charge in [0.15, 0.2) is 0 Å². The van der Waals surface area contributed by atoms with Gasteiger partial charge in [-0.3, -0.25) is 4.90 Å². The Bertz CT molecular complexity index is 622. The lowest BCUT2D eigenvalue weighted by atomic mass is 9.81. The molecule has 22 heavy (non-hydrogen) atoms. The average Bonchev–Trinajstić information content (AvgIpc) is 3.09. The van der Waals surface area contributed by atoms with Crippen molar-refractivity contribution in [3.05, 3.63) is 47.5 Å². The highest BCUT2D eigenvalue weighted by Crippen LogP contribution is 2.34. The van der Waals surface area contributed by atoms with Crippen molar-refractivity contribution < 1.29 is 4.39 Å². The van der Waals surface area contributed by atoms with E-state index in [0.717, 1.165) is 31.9 Å². The third kappa shape index (κ3) is 3.04. The largest absolute Gasteiger partial charge is 0.295 e. The summed E-state index contributed by atoms with van der Waals surface area (Å²) in [6.07, 6.45) is 2.65. The van der Waals surface area contributed by atoms with E-state index in [9.17, 15) is 4.39 Å². The van der Waals surface area contributed by atoms with E-state index < -0.39 is 6.67 Å². The summed E-state index contributed by atoms with van der Waals surface area (Å²) in [5.41, 5.74) is 2.87. The van der Waals surface area contributed by atoms with Crippen LogP contribution in [-0.4, -0.2) is 39.4 Å². The number of hydrogen-bond donors (Lipinski definition) is 0. The highest BCUT2D eigenvalue weighted by atomic mass is 19.1. The van der Waals surface area contributed by atoms with Crippen LogP contribution < -0.4 is 0 Å². The van der Waals surface area contributed by atoms with Gasteiger partial charge in [-0.1, -0.05) is 36.8 Å². The van der Waals surface area contributed by atoms with Gasteiger partial charge in [0, 0.05) is 12.0 Å². The van der Waals surface area contributed by atoms with E-state index in [-0.39, 0.29) is 5.41 Å². The topological polar surface area (TPSA) is 34.0 Å². The van der Waals surface area contributed by atoms with Crippen LogP contribution in [-0.2, 0) is 18.5 Å². The molecule has 1 atom stereocenters. The highest BCUT2D eigenvalue weighted by molar-refractivity contribution is 5.29. The average molecular weight is 302 g/mol. The van der Waals surface area contributed by atoms with Gasteiger partial charge in [-0.2, -0.15) is 5.10 Å². The van der Waals surface area contributed by atoms with Crippen LogP contribution in [0.15, 0.2) is 30.6 Å². The first-order chi connectivity index (χ1) is 10.6. The van der Waals surface area contributed by atoms with Gasteiger partial charge < -0.3 is 0 Å². The molecule has 4 nitrogen and oxygen atoms in total. The molecule has 0 N–H and O–H groups in total. The zero-order chi connectivity index (χ0) is 15.6. The van der Waals surface area contributed by atoms with Crippen molar-refractivity contribution in [1.29, 1.82) is 0 Å². The lowest BCUT2D eigenvalue weighted by Gasteiger charge is -2.25. The molecule has 0 bridgehead atoms. The van der Waals surface area contributed by atoms with Crippen molar-refractivity contribution in [3.63, 3.8) is 0 Å². The molecular formula is C17H23FN4. The summed E-state index contributed by atoms with van der Waals surface area (Å²) in [6.45, 7) is 7.09. The van der Waals surface area contributed by atoms with Crippen molar-refractivity contribution in [2.24, 2.45) is 0 Å². The minimum absolute atomic E-state index is 0.179. The van der Waals surface area contributed by atoms with Gasteiger partial charge in [0.25, 0.3) is 0 Å². The molecule has 1 aliphatic rings. The summed E-state index contributed by atoms with van der Waals surface area (Å²) in [5, 5.41) is 4.09. The van der Waals surface area contributed by atoms with Gasteiger partial charge in [0.2, 0.25) is 0 Å². The first-order valence-corrected chi connectivity index (χ1v) is 7.83. The minimum Gasteiger partial charge on any atom is -0.295 e. The molecule has 1 aromatic carbocycles. The Morgan fingerprint density at radius 1 is 1.27 bits per heavy atom. The Kier molecular flexibility index (Phi) is 4.25. The molecule has 118 valence electrons. The summed E-state index contributed by atoms with van der Waals surface area (Å²) < 4.78 is 14.2. The van der Waals surface area contributed by atoms with Gasteiger partial charge >= 0.3 is 0 Å². The molecule has 1 aromatic heterocycles. The lowest BCUT2D eigenvalue weighted by molar-refractivity contribution is 0.291. The standard InChI is InChI=1S/C17H23FN4/c1-14-3-5-15(6-4-14)17(2)7-9-21(12-17)11-16-19-13-20-22(16)10-8-18/h3-6,13H,7-12H2,1-2H3/t17-/m0/s1. The van der Waals surface area contributed by atoms with E-state index in [1.807, 2.05) is 0 Å². The molecule has 2 aromatic rings. The smallest absolute Gasteiger partial charge is 0.141 e. The minimum atomic E-state index is -0.405. The predicted octanol–water partition coefficient (Wildman–Crippen LogP) is 2.72. The first-order valence-electron chi connectivity index (χ1n) is 7.83. The number of alkyl halides is 1. The molecule has 1 fully saturated rings. The molecule has 0 aliphatic carbocycles. The Balaban J connectivity index is 1.69.